The van der Waals surface area contributed by atoms with E-state index < -0.39 is 5.92 Å². The van der Waals surface area contributed by atoms with Gasteiger partial charge in [-0.1, -0.05) is 35.7 Å². The molecule has 0 radical (unpaired) electrons. The van der Waals surface area contributed by atoms with E-state index in [9.17, 15) is 18.8 Å². The summed E-state index contributed by atoms with van der Waals surface area (Å²) in [7, 11) is 1.72. The lowest BCUT2D eigenvalue weighted by Crippen LogP contribution is -2.29. The van der Waals surface area contributed by atoms with Crippen LogP contribution in [-0.2, 0) is 11.7 Å². The van der Waals surface area contributed by atoms with Crippen LogP contribution in [0.1, 0.15) is 34.9 Å². The molecule has 7 nitrogen and oxygen atoms in total. The van der Waals surface area contributed by atoms with Gasteiger partial charge in [-0.2, -0.15) is 20.1 Å². The van der Waals surface area contributed by atoms with E-state index in [4.69, 9.17) is 0 Å². The summed E-state index contributed by atoms with van der Waals surface area (Å²) >= 11 is 2.54. The molecule has 34 heavy (non-hydrogen) atoms. The Balaban J connectivity index is 1.60. The van der Waals surface area contributed by atoms with Gasteiger partial charge in [0.1, 0.15) is 4.90 Å². The zero-order valence-corrected chi connectivity index (χ0v) is 20.5. The molecule has 0 amide bonds. The number of alkyl halides is 2. The molecule has 11 heteroatoms. The lowest BCUT2D eigenvalue weighted by molar-refractivity contribution is 0.0174. The number of rotatable bonds is 4. The molecule has 4 rings (SSSR count). The van der Waals surface area contributed by atoms with Gasteiger partial charge in [0.15, 0.2) is 10.2 Å². The van der Waals surface area contributed by atoms with Gasteiger partial charge in [0, 0.05) is 31.0 Å². The van der Waals surface area contributed by atoms with Crippen molar-refractivity contribution in [1.29, 1.82) is 5.26 Å². The van der Waals surface area contributed by atoms with Crippen LogP contribution < -0.4 is 10.6 Å². The SMILES string of the molecule is Cc1cc(C)nc(-n2ncc3c(c2=O)SC(SCc2ccc(C(C)(F)F)cc2C#N)=NN3C)c1. The third kappa shape index (κ3) is 4.83. The fraction of sp³-hybridized carbons (Fsp3) is 0.261. The molecule has 0 aliphatic carbocycles. The van der Waals surface area contributed by atoms with Crippen molar-refractivity contribution in [1.82, 2.24) is 14.8 Å². The Hall–Kier alpha value is -3.23. The summed E-state index contributed by atoms with van der Waals surface area (Å²) in [5.41, 5.74) is 2.61. The normalized spacial score (nSPS) is 13.3. The minimum absolute atomic E-state index is 0.189. The summed E-state index contributed by atoms with van der Waals surface area (Å²) in [6.07, 6.45) is 1.57. The molecule has 1 aliphatic rings. The van der Waals surface area contributed by atoms with Crippen LogP contribution in [0.15, 0.2) is 51.3 Å². The first-order valence-electron chi connectivity index (χ1n) is 10.2. The molecule has 2 aromatic heterocycles. The van der Waals surface area contributed by atoms with Crippen LogP contribution in [0.2, 0.25) is 0 Å². The number of anilines is 1. The number of aromatic nitrogens is 3. The topological polar surface area (TPSA) is 87.2 Å². The Morgan fingerprint density at radius 2 is 2.00 bits per heavy atom. The molecule has 0 spiro atoms. The van der Waals surface area contributed by atoms with Gasteiger partial charge in [-0.15, -0.1) is 0 Å². The third-order valence-corrected chi connectivity index (χ3v) is 7.31. The number of hydrazone groups is 1. The number of fused-ring (bicyclic) bond motifs is 1. The van der Waals surface area contributed by atoms with Crippen molar-refractivity contribution < 1.29 is 8.78 Å². The average Bonchev–Trinajstić information content (AvgIpc) is 2.77. The zero-order chi connectivity index (χ0) is 24.6. The Bertz CT molecular complexity index is 1390. The highest BCUT2D eigenvalue weighted by atomic mass is 32.2. The highest BCUT2D eigenvalue weighted by molar-refractivity contribution is 8.38. The van der Waals surface area contributed by atoms with Crippen LogP contribution in [-0.4, -0.2) is 26.2 Å². The Morgan fingerprint density at radius 3 is 2.68 bits per heavy atom. The first-order valence-corrected chi connectivity index (χ1v) is 12.0. The van der Waals surface area contributed by atoms with Crippen LogP contribution in [0.5, 0.6) is 0 Å². The number of benzene rings is 1. The minimum atomic E-state index is -3.02. The molecule has 3 heterocycles. The monoisotopic (exact) mass is 498 g/mol. The fourth-order valence-electron chi connectivity index (χ4n) is 3.41. The summed E-state index contributed by atoms with van der Waals surface area (Å²) in [4.78, 5) is 18.2. The number of nitrogens with zero attached hydrogens (tertiary/aromatic N) is 6. The summed E-state index contributed by atoms with van der Waals surface area (Å²) in [6.45, 7) is 4.58. The number of nitriles is 1. The Morgan fingerprint density at radius 1 is 1.24 bits per heavy atom. The van der Waals surface area contributed by atoms with Gasteiger partial charge in [-0.3, -0.25) is 9.80 Å². The van der Waals surface area contributed by atoms with E-state index >= 15 is 0 Å². The predicted molar refractivity (Wildman–Crippen MR) is 131 cm³/mol. The van der Waals surface area contributed by atoms with Crippen LogP contribution in [0.4, 0.5) is 14.5 Å². The molecular weight excluding hydrogens is 478 g/mol. The highest BCUT2D eigenvalue weighted by Gasteiger charge is 2.26. The second kappa shape index (κ2) is 9.19. The molecule has 1 aliphatic heterocycles. The van der Waals surface area contributed by atoms with Gasteiger partial charge >= 0.3 is 0 Å². The highest BCUT2D eigenvalue weighted by Crippen LogP contribution is 2.37. The van der Waals surface area contributed by atoms with E-state index in [0.29, 0.717) is 32.1 Å². The van der Waals surface area contributed by atoms with Gasteiger partial charge in [0.25, 0.3) is 11.5 Å². The maximum atomic E-state index is 13.6. The number of pyridine rings is 1. The zero-order valence-electron chi connectivity index (χ0n) is 18.8. The van der Waals surface area contributed by atoms with Crippen molar-refractivity contribution in [2.24, 2.45) is 5.10 Å². The van der Waals surface area contributed by atoms with Crippen molar-refractivity contribution in [2.75, 3.05) is 12.1 Å². The number of thioether (sulfide) groups is 2. The van der Waals surface area contributed by atoms with Gasteiger partial charge in [-0.05, 0) is 43.2 Å². The summed E-state index contributed by atoms with van der Waals surface area (Å²) in [6, 6.07) is 9.78. The van der Waals surface area contributed by atoms with Gasteiger partial charge < -0.3 is 0 Å². The molecule has 0 saturated heterocycles. The molecule has 1 aromatic carbocycles. The second-order valence-electron chi connectivity index (χ2n) is 7.87. The van der Waals surface area contributed by atoms with Crippen LogP contribution in [0.3, 0.4) is 0 Å². The summed E-state index contributed by atoms with van der Waals surface area (Å²) in [5, 5.41) is 19.8. The maximum Gasteiger partial charge on any atom is 0.289 e. The summed E-state index contributed by atoms with van der Waals surface area (Å²) in [5.74, 6) is -2.24. The van der Waals surface area contributed by atoms with Crippen LogP contribution in [0, 0.1) is 25.2 Å². The fourth-order valence-corrected chi connectivity index (χ4v) is 5.58. The summed E-state index contributed by atoms with van der Waals surface area (Å²) < 4.78 is 29.1. The first kappa shape index (κ1) is 23.9. The second-order valence-corrected chi connectivity index (χ2v) is 10.1. The quantitative estimate of drug-likeness (QED) is 0.502. The van der Waals surface area contributed by atoms with Gasteiger partial charge in [0.2, 0.25) is 0 Å². The van der Waals surface area contributed by atoms with Crippen LogP contribution >= 0.6 is 23.5 Å². The molecule has 0 fully saturated rings. The van der Waals surface area contributed by atoms with Crippen molar-refractivity contribution in [3.63, 3.8) is 0 Å². The molecule has 0 bridgehead atoms. The number of halogens is 2. The van der Waals surface area contributed by atoms with Gasteiger partial charge in [0.05, 0.1) is 23.5 Å². The Kier molecular flexibility index (Phi) is 6.47. The van der Waals surface area contributed by atoms with E-state index in [2.05, 4.69) is 15.2 Å². The predicted octanol–water partition coefficient (Wildman–Crippen LogP) is 4.97. The van der Waals surface area contributed by atoms with E-state index in [-0.39, 0.29) is 16.7 Å². The standard InChI is InChI=1S/C23H20F2N6OS2/c1-13-7-14(2)28-19(8-13)31-21(32)20-18(11-27-31)30(4)29-22(34-20)33-12-15-5-6-17(23(3,24)25)9-16(15)10-26/h5-9,11H,12H2,1-4H3. The molecule has 0 unspecified atom stereocenters. The van der Waals surface area contributed by atoms with Gasteiger partial charge in [-0.25, -0.2) is 13.8 Å². The molecule has 3 aromatic rings. The third-order valence-electron chi connectivity index (χ3n) is 5.07. The van der Waals surface area contributed by atoms with E-state index in [0.717, 1.165) is 18.2 Å². The van der Waals surface area contributed by atoms with Crippen molar-refractivity contribution >= 4 is 33.6 Å². The first-order chi connectivity index (χ1) is 16.1. The molecule has 0 atom stereocenters. The van der Waals surface area contributed by atoms with Crippen molar-refractivity contribution in [3.8, 4) is 11.9 Å². The van der Waals surface area contributed by atoms with Crippen molar-refractivity contribution in [3.05, 3.63) is 74.8 Å². The average molecular weight is 499 g/mol. The number of aryl methyl sites for hydroxylation is 2. The lowest BCUT2D eigenvalue weighted by atomic mass is 10.0. The molecule has 0 saturated carbocycles. The smallest absolute Gasteiger partial charge is 0.266 e. The lowest BCUT2D eigenvalue weighted by Gasteiger charge is -2.23. The number of hydrogen-bond acceptors (Lipinski definition) is 8. The molecule has 0 N–H and O–H groups in total. The number of hydrogen-bond donors (Lipinski definition) is 0. The molecule has 174 valence electrons. The Labute approximate surface area is 203 Å². The van der Waals surface area contributed by atoms with E-state index in [1.807, 2.05) is 26.0 Å². The van der Waals surface area contributed by atoms with E-state index in [1.165, 1.54) is 46.4 Å². The minimum Gasteiger partial charge on any atom is -0.266 e. The largest absolute Gasteiger partial charge is 0.289 e. The molecular formula is C23H20F2N6OS2. The van der Waals surface area contributed by atoms with E-state index in [1.54, 1.807) is 24.3 Å². The van der Waals surface area contributed by atoms with Crippen molar-refractivity contribution in [2.45, 2.75) is 37.3 Å². The maximum absolute atomic E-state index is 13.6. The van der Waals surface area contributed by atoms with Crippen LogP contribution in [0.25, 0.3) is 5.82 Å².